The third-order valence-corrected chi connectivity index (χ3v) is 10.8. The molecule has 0 aliphatic rings. The lowest BCUT2D eigenvalue weighted by molar-refractivity contribution is 0.328. The van der Waals surface area contributed by atoms with E-state index in [1.807, 2.05) is 84.9 Å². The van der Waals surface area contributed by atoms with Crippen LogP contribution in [0.2, 0.25) is 15.1 Å². The number of hydrogen-bond acceptors (Lipinski definition) is 10. The first-order valence-corrected chi connectivity index (χ1v) is 22.9. The van der Waals surface area contributed by atoms with Gasteiger partial charge in [0.05, 0.1) is 10.0 Å². The maximum atomic E-state index is 5.78. The Balaban J connectivity index is 0.000000350. The fourth-order valence-corrected chi connectivity index (χ4v) is 6.82. The van der Waals surface area contributed by atoms with Crippen LogP contribution in [0, 0.1) is 3.57 Å². The summed E-state index contributed by atoms with van der Waals surface area (Å²) in [6.45, 7) is 4.68. The van der Waals surface area contributed by atoms with Crippen molar-refractivity contribution in [2.45, 2.75) is 9.79 Å². The largest absolute Gasteiger partial charge is 0.492 e. The quantitative estimate of drug-likeness (QED) is 0.0505. The summed E-state index contributed by atoms with van der Waals surface area (Å²) in [4.78, 5) is 2.45. The van der Waals surface area contributed by atoms with E-state index < -0.39 is 0 Å². The van der Waals surface area contributed by atoms with Gasteiger partial charge in [-0.25, -0.2) is 0 Å². The molecule has 0 aliphatic heterocycles. The van der Waals surface area contributed by atoms with Gasteiger partial charge in [0.1, 0.15) is 37.1 Å². The predicted octanol–water partition coefficient (Wildman–Crippen LogP) is 10.6. The molecule has 0 fully saturated rings. The van der Waals surface area contributed by atoms with E-state index in [-0.39, 0.29) is 0 Å². The van der Waals surface area contributed by atoms with E-state index in [1.54, 1.807) is 41.7 Å². The highest BCUT2D eigenvalue weighted by atomic mass is 127. The third-order valence-electron chi connectivity index (χ3n) is 6.04. The Morgan fingerprint density at radius 1 is 0.482 bits per heavy atom. The van der Waals surface area contributed by atoms with Gasteiger partial charge in [-0.3, -0.25) is 0 Å². The molecule has 5 aromatic rings. The molecule has 0 saturated carbocycles. The van der Waals surface area contributed by atoms with Crippen molar-refractivity contribution in [3.63, 3.8) is 0 Å². The molecule has 0 aromatic heterocycles. The number of rotatable bonds is 15. The molecule has 5 rings (SSSR count). The van der Waals surface area contributed by atoms with Crippen molar-refractivity contribution in [1.82, 2.24) is 0 Å². The van der Waals surface area contributed by atoms with Crippen molar-refractivity contribution < 1.29 is 14.2 Å². The van der Waals surface area contributed by atoms with Crippen molar-refractivity contribution in [1.29, 1.82) is 0 Å². The molecule has 0 atom stereocenters. The van der Waals surface area contributed by atoms with Crippen LogP contribution in [0.25, 0.3) is 0 Å². The minimum Gasteiger partial charge on any atom is -0.492 e. The molecule has 0 spiro atoms. The maximum Gasteiger partial charge on any atom is 0.120 e. The van der Waals surface area contributed by atoms with Gasteiger partial charge in [-0.1, -0.05) is 78.8 Å². The minimum atomic E-state index is 0.484. The molecule has 0 unspecified atom stereocenters. The highest BCUT2D eigenvalue weighted by Gasteiger charge is 1.99. The summed E-state index contributed by atoms with van der Waals surface area (Å²) in [5, 5.41) is 1.80. The SMILES string of the molecule is NCCOc1ccc(Br)cc1.NCCOc1ccc(Cl)c(Cl)c1.NCCOc1ccc(I)cc1.NCCSc1cccc(Br)c1.NCCSc1cccc(Cl)c1. The number of hydrogen-bond donors (Lipinski definition) is 5. The molecule has 306 valence electrons. The van der Waals surface area contributed by atoms with Crippen molar-refractivity contribution >= 4 is 113 Å². The molecule has 0 radical (unpaired) electrons. The summed E-state index contributed by atoms with van der Waals surface area (Å²) in [6.07, 6.45) is 0. The van der Waals surface area contributed by atoms with E-state index >= 15 is 0 Å². The van der Waals surface area contributed by atoms with Crippen molar-refractivity contribution in [2.24, 2.45) is 28.7 Å². The molecule has 0 aliphatic carbocycles. The first-order valence-electron chi connectivity index (χ1n) is 17.2. The van der Waals surface area contributed by atoms with Gasteiger partial charge in [-0.15, -0.1) is 23.5 Å². The Kier molecular flexibility index (Phi) is 32.3. The molecular weight excluding hydrogens is 1060 g/mol. The van der Waals surface area contributed by atoms with Crippen LogP contribution >= 0.6 is 113 Å². The zero-order valence-electron chi connectivity index (χ0n) is 30.7. The number of benzene rings is 5. The Bertz CT molecular complexity index is 1640. The lowest BCUT2D eigenvalue weighted by Crippen LogP contribution is -2.10. The normalized spacial score (nSPS) is 9.84. The summed E-state index contributed by atoms with van der Waals surface area (Å²) < 4.78 is 19.2. The highest BCUT2D eigenvalue weighted by Crippen LogP contribution is 2.26. The van der Waals surface area contributed by atoms with E-state index in [1.165, 1.54) is 13.4 Å². The average molecular weight is 1110 g/mol. The van der Waals surface area contributed by atoms with Gasteiger partial charge >= 0.3 is 0 Å². The van der Waals surface area contributed by atoms with Gasteiger partial charge < -0.3 is 42.9 Å². The summed E-state index contributed by atoms with van der Waals surface area (Å²) in [5.41, 5.74) is 26.6. The maximum absolute atomic E-state index is 5.78. The van der Waals surface area contributed by atoms with Gasteiger partial charge in [0.15, 0.2) is 0 Å². The van der Waals surface area contributed by atoms with Gasteiger partial charge in [-0.2, -0.15) is 0 Å². The summed E-state index contributed by atoms with van der Waals surface area (Å²) in [5.74, 6) is 4.36. The van der Waals surface area contributed by atoms with Crippen LogP contribution < -0.4 is 42.9 Å². The van der Waals surface area contributed by atoms with E-state index in [9.17, 15) is 0 Å². The lowest BCUT2D eigenvalue weighted by Gasteiger charge is -2.04. The van der Waals surface area contributed by atoms with Gasteiger partial charge in [0.25, 0.3) is 0 Å². The average Bonchev–Trinajstić information content (AvgIpc) is 3.20. The molecule has 0 amide bonds. The molecule has 5 aromatic carbocycles. The number of thioether (sulfide) groups is 2. The van der Waals surface area contributed by atoms with E-state index in [2.05, 4.69) is 66.6 Å². The van der Waals surface area contributed by atoms with Gasteiger partial charge in [0, 0.05) is 77.6 Å². The van der Waals surface area contributed by atoms with Crippen LogP contribution in [0.4, 0.5) is 0 Å². The fourth-order valence-electron chi connectivity index (χ4n) is 3.63. The van der Waals surface area contributed by atoms with Gasteiger partial charge in [-0.05, 0) is 120 Å². The third kappa shape index (κ3) is 27.3. The van der Waals surface area contributed by atoms with Crippen molar-refractivity contribution in [3.05, 3.63) is 143 Å². The number of ether oxygens (including phenoxy) is 3. The minimum absolute atomic E-state index is 0.484. The lowest BCUT2D eigenvalue weighted by atomic mass is 10.3. The zero-order valence-corrected chi connectivity index (χ0v) is 40.0. The van der Waals surface area contributed by atoms with Crippen LogP contribution in [0.15, 0.2) is 134 Å². The first-order chi connectivity index (χ1) is 27.0. The Labute approximate surface area is 386 Å². The second kappa shape index (κ2) is 34.4. The summed E-state index contributed by atoms with van der Waals surface area (Å²) in [6, 6.07) is 36.7. The predicted molar refractivity (Wildman–Crippen MR) is 259 cm³/mol. The summed E-state index contributed by atoms with van der Waals surface area (Å²) in [7, 11) is 0. The Morgan fingerprint density at radius 3 is 1.41 bits per heavy atom. The number of halogens is 6. The molecule has 8 nitrogen and oxygen atoms in total. The number of nitrogens with two attached hydrogens (primary N) is 5. The second-order valence-electron chi connectivity index (χ2n) is 10.6. The molecule has 0 saturated heterocycles. The first kappa shape index (κ1) is 52.6. The molecule has 0 heterocycles. The molecular formula is C40H49Br2Cl3IN5O3S2. The Morgan fingerprint density at radius 2 is 0.946 bits per heavy atom. The second-order valence-corrected chi connectivity index (χ2v) is 17.2. The van der Waals surface area contributed by atoms with Crippen LogP contribution in [-0.2, 0) is 0 Å². The van der Waals surface area contributed by atoms with Crippen molar-refractivity contribution in [3.8, 4) is 17.2 Å². The van der Waals surface area contributed by atoms with E-state index in [4.69, 9.17) is 77.7 Å². The monoisotopic (exact) mass is 1100 g/mol. The van der Waals surface area contributed by atoms with E-state index in [0.717, 1.165) is 43.5 Å². The Hall–Kier alpha value is -1.44. The standard InChI is InChI=1S/C8H10BrNO.C8H10BrNS.C8H9Cl2NO.C8H10ClNS.C8H10INO/c9-7-1-3-8(4-2-7)11-6-5-10;9-7-2-1-3-8(6-7)11-5-4-10;9-7-2-1-6(5-8(7)10)12-4-3-11;9-7-2-1-3-8(6-7)11-5-4-10;9-7-1-3-8(4-2-7)11-6-5-10/h1-4H,5-6,10H2;1-3,6H,4-5,10H2;1-2,5H,3-4,11H2;1-3,6H,4-5,10H2;1-4H,5-6,10H2. The highest BCUT2D eigenvalue weighted by molar-refractivity contribution is 14.1. The molecule has 0 bridgehead atoms. The van der Waals surface area contributed by atoms with Crippen LogP contribution in [-0.4, -0.2) is 64.1 Å². The van der Waals surface area contributed by atoms with Crippen LogP contribution in [0.3, 0.4) is 0 Å². The van der Waals surface area contributed by atoms with Gasteiger partial charge in [0.2, 0.25) is 0 Å². The zero-order chi connectivity index (χ0) is 41.4. The smallest absolute Gasteiger partial charge is 0.120 e. The summed E-state index contributed by atoms with van der Waals surface area (Å²) >= 11 is 29.7. The topological polar surface area (TPSA) is 158 Å². The van der Waals surface area contributed by atoms with Crippen LogP contribution in [0.1, 0.15) is 0 Å². The van der Waals surface area contributed by atoms with Crippen LogP contribution in [0.5, 0.6) is 17.2 Å². The molecule has 16 heteroatoms. The fraction of sp³-hybridized carbons (Fsp3) is 0.250. The van der Waals surface area contributed by atoms with Crippen molar-refractivity contribution in [2.75, 3.05) is 64.1 Å². The van der Waals surface area contributed by atoms with E-state index in [0.29, 0.717) is 61.8 Å². The molecule has 56 heavy (non-hydrogen) atoms. The molecule has 10 N–H and O–H groups in total.